The van der Waals surface area contributed by atoms with Gasteiger partial charge in [0.25, 0.3) is 10.0 Å². The minimum Gasteiger partial charge on any atom is -0.326 e. The summed E-state index contributed by atoms with van der Waals surface area (Å²) in [5.41, 5.74) is 1.70. The maximum atomic E-state index is 12.7. The maximum Gasteiger partial charge on any atom is 0.294 e. The molecule has 2 aromatic rings. The predicted octanol–water partition coefficient (Wildman–Crippen LogP) is 3.26. The number of hydrogen-bond donors (Lipinski definition) is 1. The van der Waals surface area contributed by atoms with Crippen LogP contribution in [0.3, 0.4) is 0 Å². The summed E-state index contributed by atoms with van der Waals surface area (Å²) in [5.74, 6) is -0.699. The SMILES string of the molecule is C=CCN1C(=O)[C@H](CC(=O)Nc2ccc(C)cc2)SC1=NS(=O)(=O)c1cccs1. The number of carbonyl (C=O) groups excluding carboxylic acids is 2. The summed E-state index contributed by atoms with van der Waals surface area (Å²) in [6.45, 7) is 5.66. The molecule has 3 rings (SSSR count). The van der Waals surface area contributed by atoms with Crippen molar-refractivity contribution in [1.29, 1.82) is 0 Å². The third kappa shape index (κ3) is 5.14. The second-order valence-corrected chi connectivity index (χ2v) is 10.2. The number of carbonyl (C=O) groups is 2. The van der Waals surface area contributed by atoms with Gasteiger partial charge < -0.3 is 5.32 Å². The van der Waals surface area contributed by atoms with Gasteiger partial charge in [-0.1, -0.05) is 41.6 Å². The molecule has 29 heavy (non-hydrogen) atoms. The second kappa shape index (κ2) is 8.93. The van der Waals surface area contributed by atoms with E-state index in [-0.39, 0.29) is 34.2 Å². The summed E-state index contributed by atoms with van der Waals surface area (Å²) in [5, 5.41) is 3.69. The lowest BCUT2D eigenvalue weighted by atomic mass is 10.2. The van der Waals surface area contributed by atoms with Crippen LogP contribution in [0.4, 0.5) is 5.69 Å². The summed E-state index contributed by atoms with van der Waals surface area (Å²) < 4.78 is 28.9. The van der Waals surface area contributed by atoms with Gasteiger partial charge in [-0.15, -0.1) is 22.3 Å². The molecule has 0 saturated carbocycles. The Morgan fingerprint density at radius 2 is 2.03 bits per heavy atom. The summed E-state index contributed by atoms with van der Waals surface area (Å²) >= 11 is 2.03. The molecule has 1 saturated heterocycles. The maximum absolute atomic E-state index is 12.7. The van der Waals surface area contributed by atoms with Crippen molar-refractivity contribution in [3.05, 3.63) is 60.0 Å². The molecule has 1 aliphatic rings. The first-order chi connectivity index (χ1) is 13.8. The topological polar surface area (TPSA) is 95.9 Å². The second-order valence-electron chi connectivity index (χ2n) is 6.24. The molecule has 2 heterocycles. The molecule has 1 atom stereocenters. The van der Waals surface area contributed by atoms with Crippen molar-refractivity contribution in [2.75, 3.05) is 11.9 Å². The van der Waals surface area contributed by atoms with Crippen molar-refractivity contribution in [3.8, 4) is 0 Å². The van der Waals surface area contributed by atoms with Gasteiger partial charge in [-0.05, 0) is 30.5 Å². The molecule has 2 amide bonds. The summed E-state index contributed by atoms with van der Waals surface area (Å²) in [6.07, 6.45) is 1.39. The highest BCUT2D eigenvalue weighted by molar-refractivity contribution is 8.16. The Bertz CT molecular complexity index is 1040. The number of nitrogens with zero attached hydrogens (tertiary/aromatic N) is 2. The number of amides is 2. The van der Waals surface area contributed by atoms with E-state index in [0.29, 0.717) is 5.69 Å². The van der Waals surface area contributed by atoms with Crippen LogP contribution in [0.15, 0.2) is 63.0 Å². The Kier molecular flexibility index (Phi) is 6.56. The normalized spacial score (nSPS) is 18.2. The number of nitrogens with one attached hydrogen (secondary N) is 1. The van der Waals surface area contributed by atoms with Gasteiger partial charge >= 0.3 is 0 Å². The van der Waals surface area contributed by atoms with Gasteiger partial charge in [0.05, 0.1) is 0 Å². The first-order valence-corrected chi connectivity index (χ1v) is 11.8. The van der Waals surface area contributed by atoms with E-state index in [4.69, 9.17) is 0 Å². The zero-order valence-corrected chi connectivity index (χ0v) is 18.0. The lowest BCUT2D eigenvalue weighted by Gasteiger charge is -2.13. The van der Waals surface area contributed by atoms with Crippen LogP contribution in [0.25, 0.3) is 0 Å². The molecule has 1 aromatic heterocycles. The Labute approximate surface area is 177 Å². The van der Waals surface area contributed by atoms with Gasteiger partial charge in [-0.3, -0.25) is 14.5 Å². The molecular formula is C19H19N3O4S3. The molecule has 0 bridgehead atoms. The van der Waals surface area contributed by atoms with Crippen LogP contribution >= 0.6 is 23.1 Å². The quantitative estimate of drug-likeness (QED) is 0.655. The largest absolute Gasteiger partial charge is 0.326 e. The minimum absolute atomic E-state index is 0.0523. The molecule has 1 aromatic carbocycles. The molecular weight excluding hydrogens is 430 g/mol. The number of rotatable bonds is 7. The van der Waals surface area contributed by atoms with Crippen LogP contribution in [-0.4, -0.2) is 42.1 Å². The number of aryl methyl sites for hydroxylation is 1. The third-order valence-corrected chi connectivity index (χ3v) is 7.92. The fourth-order valence-electron chi connectivity index (χ4n) is 2.58. The van der Waals surface area contributed by atoms with E-state index < -0.39 is 15.3 Å². The van der Waals surface area contributed by atoms with Gasteiger partial charge in [0.1, 0.15) is 9.46 Å². The number of sulfonamides is 1. The predicted molar refractivity (Wildman–Crippen MR) is 117 cm³/mol. The highest BCUT2D eigenvalue weighted by atomic mass is 32.2. The van der Waals surface area contributed by atoms with E-state index in [0.717, 1.165) is 28.7 Å². The molecule has 0 spiro atoms. The van der Waals surface area contributed by atoms with E-state index in [1.54, 1.807) is 23.6 Å². The molecule has 1 N–H and O–H groups in total. The molecule has 1 fully saturated rings. The summed E-state index contributed by atoms with van der Waals surface area (Å²) in [4.78, 5) is 26.3. The van der Waals surface area contributed by atoms with Crippen molar-refractivity contribution < 1.29 is 18.0 Å². The van der Waals surface area contributed by atoms with Gasteiger partial charge in [0, 0.05) is 18.7 Å². The fourth-order valence-corrected chi connectivity index (χ4v) is 5.92. The highest BCUT2D eigenvalue weighted by Crippen LogP contribution is 2.32. The van der Waals surface area contributed by atoms with E-state index in [1.165, 1.54) is 17.0 Å². The van der Waals surface area contributed by atoms with Crippen molar-refractivity contribution in [1.82, 2.24) is 4.90 Å². The summed E-state index contributed by atoms with van der Waals surface area (Å²) in [6, 6.07) is 10.4. The number of benzene rings is 1. The number of anilines is 1. The number of hydrogen-bond acceptors (Lipinski definition) is 6. The van der Waals surface area contributed by atoms with Crippen molar-refractivity contribution >= 4 is 55.8 Å². The molecule has 1 aliphatic heterocycles. The monoisotopic (exact) mass is 449 g/mol. The highest BCUT2D eigenvalue weighted by Gasteiger charge is 2.39. The first kappa shape index (κ1) is 21.3. The zero-order valence-electron chi connectivity index (χ0n) is 15.6. The van der Waals surface area contributed by atoms with E-state index >= 15 is 0 Å². The lowest BCUT2D eigenvalue weighted by molar-refractivity contribution is -0.127. The van der Waals surface area contributed by atoms with Crippen LogP contribution in [0.2, 0.25) is 0 Å². The third-order valence-electron chi connectivity index (χ3n) is 3.99. The van der Waals surface area contributed by atoms with Crippen molar-refractivity contribution in [3.63, 3.8) is 0 Å². The average molecular weight is 450 g/mol. The molecule has 152 valence electrons. The zero-order chi connectivity index (χ0) is 21.0. The smallest absolute Gasteiger partial charge is 0.294 e. The van der Waals surface area contributed by atoms with Gasteiger partial charge in [0.2, 0.25) is 11.8 Å². The minimum atomic E-state index is -3.92. The molecule has 10 heteroatoms. The number of amidine groups is 1. The molecule has 0 radical (unpaired) electrons. The Morgan fingerprint density at radius 3 is 2.66 bits per heavy atom. The standard InChI is InChI=1S/C19H19N3O4S3/c1-3-10-22-18(24)15(12-16(23)20-14-8-6-13(2)7-9-14)28-19(22)21-29(25,26)17-5-4-11-27-17/h3-9,11,15H,1,10,12H2,2H3,(H,20,23)/t15-/m0/s1. The Hall–Kier alpha value is -2.43. The first-order valence-electron chi connectivity index (χ1n) is 8.64. The molecule has 7 nitrogen and oxygen atoms in total. The molecule has 0 aliphatic carbocycles. The number of thiophene rings is 1. The summed E-state index contributed by atoms with van der Waals surface area (Å²) in [7, 11) is -3.92. The van der Waals surface area contributed by atoms with E-state index in [2.05, 4.69) is 16.3 Å². The van der Waals surface area contributed by atoms with Crippen LogP contribution < -0.4 is 5.32 Å². The molecule has 0 unspecified atom stereocenters. The number of thioether (sulfide) groups is 1. The van der Waals surface area contributed by atoms with Gasteiger partial charge in [-0.25, -0.2) is 0 Å². The lowest BCUT2D eigenvalue weighted by Crippen LogP contribution is -2.33. The Balaban J connectivity index is 1.76. The van der Waals surface area contributed by atoms with Crippen LogP contribution in [0.5, 0.6) is 0 Å². The van der Waals surface area contributed by atoms with Gasteiger partial charge in [-0.2, -0.15) is 8.42 Å². The van der Waals surface area contributed by atoms with E-state index in [9.17, 15) is 18.0 Å². The average Bonchev–Trinajstić information content (AvgIpc) is 3.29. The Morgan fingerprint density at radius 1 is 1.31 bits per heavy atom. The van der Waals surface area contributed by atoms with Gasteiger partial charge in [0.15, 0.2) is 5.17 Å². The van der Waals surface area contributed by atoms with E-state index in [1.807, 2.05) is 19.1 Å². The fraction of sp³-hybridized carbons (Fsp3) is 0.211. The van der Waals surface area contributed by atoms with Crippen LogP contribution in [0.1, 0.15) is 12.0 Å². The van der Waals surface area contributed by atoms with Crippen molar-refractivity contribution in [2.45, 2.75) is 22.8 Å². The van der Waals surface area contributed by atoms with Crippen LogP contribution in [0, 0.1) is 6.92 Å². The van der Waals surface area contributed by atoms with Crippen molar-refractivity contribution in [2.24, 2.45) is 4.40 Å². The van der Waals surface area contributed by atoms with Crippen LogP contribution in [-0.2, 0) is 19.6 Å².